The van der Waals surface area contributed by atoms with Crippen LogP contribution in [-0.4, -0.2) is 7.85 Å². The summed E-state index contributed by atoms with van der Waals surface area (Å²) in [6, 6.07) is 6.72. The van der Waals surface area contributed by atoms with Crippen molar-refractivity contribution in [1.82, 2.24) is 0 Å². The Morgan fingerprint density at radius 1 is 1.44 bits per heavy atom. The van der Waals surface area contributed by atoms with E-state index in [1.807, 2.05) is 0 Å². The minimum absolute atomic E-state index is 0.330. The van der Waals surface area contributed by atoms with Gasteiger partial charge in [-0.05, 0) is 41.4 Å². The Labute approximate surface area is 100 Å². The van der Waals surface area contributed by atoms with Crippen molar-refractivity contribution >= 4 is 13.4 Å². The lowest BCUT2D eigenvalue weighted by Crippen LogP contribution is -2.23. The average molecular weight is 210 g/mol. The molecule has 2 radical (unpaired) electrons. The Morgan fingerprint density at radius 3 is 2.88 bits per heavy atom. The number of aryl methyl sites for hydroxylation is 1. The van der Waals surface area contributed by atoms with Crippen LogP contribution >= 0.6 is 0 Å². The summed E-state index contributed by atoms with van der Waals surface area (Å²) in [5.41, 5.74) is 5.57. The lowest BCUT2D eigenvalue weighted by molar-refractivity contribution is 0.432. The zero-order valence-corrected chi connectivity index (χ0v) is 10.3. The molecule has 0 atom stereocenters. The number of hydrogen-bond donors (Lipinski definition) is 0. The number of hydrogen-bond acceptors (Lipinski definition) is 0. The summed E-state index contributed by atoms with van der Waals surface area (Å²) in [4.78, 5) is 0. The Balaban J connectivity index is 2.43. The number of allylic oxidation sites excluding steroid dienone is 1. The first-order valence-electron chi connectivity index (χ1n) is 6.06. The summed E-state index contributed by atoms with van der Waals surface area (Å²) >= 11 is 0. The molecule has 1 heteroatoms. The third kappa shape index (κ3) is 1.96. The molecule has 0 bridgehead atoms. The largest absolute Gasteiger partial charge is 0.0960 e. The Bertz CT molecular complexity index is 415. The summed E-state index contributed by atoms with van der Waals surface area (Å²) in [6.45, 7) is 8.68. The molecule has 0 spiro atoms. The van der Waals surface area contributed by atoms with Crippen LogP contribution < -0.4 is 0 Å². The van der Waals surface area contributed by atoms with E-state index in [1.54, 1.807) is 0 Å². The second-order valence-electron chi connectivity index (χ2n) is 5.42. The second-order valence-corrected chi connectivity index (χ2v) is 5.42. The van der Waals surface area contributed by atoms with Gasteiger partial charge in [0.2, 0.25) is 0 Å². The van der Waals surface area contributed by atoms with Gasteiger partial charge in [-0.1, -0.05) is 50.5 Å². The summed E-state index contributed by atoms with van der Waals surface area (Å²) in [5.74, 6) is 0. The maximum atomic E-state index is 5.63. The Hall–Kier alpha value is -0.975. The molecule has 1 aromatic carbocycles. The summed E-state index contributed by atoms with van der Waals surface area (Å²) in [5, 5.41) is 0. The van der Waals surface area contributed by atoms with Crippen LogP contribution in [0.25, 0.3) is 5.57 Å². The van der Waals surface area contributed by atoms with Crippen LogP contribution in [-0.2, 0) is 11.8 Å². The van der Waals surface area contributed by atoms with Crippen molar-refractivity contribution < 1.29 is 0 Å². The van der Waals surface area contributed by atoms with E-state index >= 15 is 0 Å². The predicted octanol–water partition coefficient (Wildman–Crippen LogP) is 3.90. The molecule has 1 aliphatic carbocycles. The summed E-state index contributed by atoms with van der Waals surface area (Å²) in [7, 11) is 5.63. The quantitative estimate of drug-likeness (QED) is 0.649. The van der Waals surface area contributed by atoms with Crippen molar-refractivity contribution in [3.05, 3.63) is 41.5 Å². The van der Waals surface area contributed by atoms with E-state index < -0.39 is 0 Å². The minimum Gasteiger partial charge on any atom is -0.0960 e. The lowest BCUT2D eigenvalue weighted by atomic mass is 9.72. The molecule has 2 rings (SSSR count). The van der Waals surface area contributed by atoms with Crippen molar-refractivity contribution in [2.45, 2.75) is 44.8 Å². The third-order valence-electron chi connectivity index (χ3n) is 3.74. The molecule has 0 N–H and O–H groups in total. The van der Waals surface area contributed by atoms with Gasteiger partial charge < -0.3 is 0 Å². The standard InChI is InChI=1S/C15H19B/c1-11(10-16)12-6-7-14-13(9-12)5-4-8-15(14,2)3/h6-7,9H,1,4-5,8,10H2,2-3H3. The maximum absolute atomic E-state index is 5.63. The molecule has 0 fully saturated rings. The van der Waals surface area contributed by atoms with Crippen molar-refractivity contribution in [2.75, 3.05) is 0 Å². The first-order chi connectivity index (χ1) is 7.54. The third-order valence-corrected chi connectivity index (χ3v) is 3.74. The topological polar surface area (TPSA) is 0 Å². The van der Waals surface area contributed by atoms with E-state index in [9.17, 15) is 0 Å². The van der Waals surface area contributed by atoms with Gasteiger partial charge in [0.25, 0.3) is 0 Å². The number of benzene rings is 1. The second kappa shape index (κ2) is 4.12. The fraction of sp³-hybridized carbons (Fsp3) is 0.467. The SMILES string of the molecule is [B]CC(=C)c1ccc2c(c1)CCCC2(C)C. The molecule has 0 amide bonds. The van der Waals surface area contributed by atoms with E-state index in [1.165, 1.54) is 36.0 Å². The molecule has 0 unspecified atom stereocenters. The van der Waals surface area contributed by atoms with Gasteiger partial charge in [0.1, 0.15) is 0 Å². The molecule has 1 aromatic rings. The molecule has 16 heavy (non-hydrogen) atoms. The molecule has 0 heterocycles. The van der Waals surface area contributed by atoms with E-state index in [-0.39, 0.29) is 0 Å². The van der Waals surface area contributed by atoms with Crippen LogP contribution in [0.3, 0.4) is 0 Å². The summed E-state index contributed by atoms with van der Waals surface area (Å²) < 4.78 is 0. The van der Waals surface area contributed by atoms with Gasteiger partial charge in [-0.25, -0.2) is 0 Å². The molecule has 0 saturated heterocycles. The fourth-order valence-corrected chi connectivity index (χ4v) is 2.65. The van der Waals surface area contributed by atoms with E-state index in [4.69, 9.17) is 7.85 Å². The molecule has 0 aliphatic heterocycles. The zero-order valence-electron chi connectivity index (χ0n) is 10.3. The molecule has 0 aromatic heterocycles. The molecule has 1 aliphatic rings. The molecule has 0 saturated carbocycles. The average Bonchev–Trinajstić information content (AvgIpc) is 2.27. The molecule has 82 valence electrons. The van der Waals surface area contributed by atoms with Crippen molar-refractivity contribution in [3.63, 3.8) is 0 Å². The van der Waals surface area contributed by atoms with Crippen LogP contribution in [0.15, 0.2) is 24.8 Å². The van der Waals surface area contributed by atoms with Gasteiger partial charge in [0, 0.05) is 0 Å². The first kappa shape index (κ1) is 11.5. The van der Waals surface area contributed by atoms with Gasteiger partial charge in [0.05, 0.1) is 7.85 Å². The van der Waals surface area contributed by atoms with Crippen LogP contribution in [0.5, 0.6) is 0 Å². The van der Waals surface area contributed by atoms with Crippen LogP contribution in [0, 0.1) is 0 Å². The smallest absolute Gasteiger partial charge is 0.0716 e. The minimum atomic E-state index is 0.330. The van der Waals surface area contributed by atoms with Crippen LogP contribution in [0.1, 0.15) is 43.4 Å². The highest BCUT2D eigenvalue weighted by molar-refractivity contribution is 6.14. The van der Waals surface area contributed by atoms with Gasteiger partial charge >= 0.3 is 0 Å². The monoisotopic (exact) mass is 210 g/mol. The van der Waals surface area contributed by atoms with Crippen molar-refractivity contribution in [1.29, 1.82) is 0 Å². The van der Waals surface area contributed by atoms with Gasteiger partial charge in [-0.3, -0.25) is 0 Å². The van der Waals surface area contributed by atoms with E-state index in [2.05, 4.69) is 38.6 Å². The number of rotatable bonds is 2. The maximum Gasteiger partial charge on any atom is 0.0716 e. The molecule has 0 nitrogen and oxygen atoms in total. The van der Waals surface area contributed by atoms with Gasteiger partial charge in [-0.2, -0.15) is 0 Å². The fourth-order valence-electron chi connectivity index (χ4n) is 2.65. The number of fused-ring (bicyclic) bond motifs is 1. The Morgan fingerprint density at radius 2 is 2.19 bits per heavy atom. The van der Waals surface area contributed by atoms with E-state index in [0.717, 1.165) is 5.57 Å². The van der Waals surface area contributed by atoms with Crippen LogP contribution in [0.4, 0.5) is 0 Å². The van der Waals surface area contributed by atoms with Crippen molar-refractivity contribution in [2.24, 2.45) is 0 Å². The first-order valence-corrected chi connectivity index (χ1v) is 6.06. The summed E-state index contributed by atoms with van der Waals surface area (Å²) in [6.07, 6.45) is 4.32. The normalized spacial score (nSPS) is 17.9. The highest BCUT2D eigenvalue weighted by Gasteiger charge is 2.27. The lowest BCUT2D eigenvalue weighted by Gasteiger charge is -2.33. The van der Waals surface area contributed by atoms with Crippen molar-refractivity contribution in [3.8, 4) is 0 Å². The van der Waals surface area contributed by atoms with Gasteiger partial charge in [-0.15, -0.1) is 0 Å². The highest BCUT2D eigenvalue weighted by Crippen LogP contribution is 2.37. The highest BCUT2D eigenvalue weighted by atomic mass is 14.3. The molecular formula is C15H19B. The van der Waals surface area contributed by atoms with Crippen LogP contribution in [0.2, 0.25) is 6.32 Å². The predicted molar refractivity (Wildman–Crippen MR) is 72.0 cm³/mol. The van der Waals surface area contributed by atoms with Gasteiger partial charge in [0.15, 0.2) is 0 Å². The zero-order chi connectivity index (χ0) is 11.8. The Kier molecular flexibility index (Phi) is 2.97. The van der Waals surface area contributed by atoms with E-state index in [0.29, 0.717) is 11.7 Å². The molecular weight excluding hydrogens is 191 g/mol.